The molecule has 1 saturated carbocycles. The summed E-state index contributed by atoms with van der Waals surface area (Å²) in [6.07, 6.45) is 8.02. The predicted molar refractivity (Wildman–Crippen MR) is 86.2 cm³/mol. The first-order chi connectivity index (χ1) is 9.07. The maximum absolute atomic E-state index is 12.0. The third kappa shape index (κ3) is 2.80. The van der Waals surface area contributed by atoms with E-state index in [0.29, 0.717) is 11.7 Å². The highest BCUT2D eigenvalue weighted by molar-refractivity contribution is 6.74. The van der Waals surface area contributed by atoms with E-state index >= 15 is 0 Å². The van der Waals surface area contributed by atoms with Crippen LogP contribution in [0, 0.1) is 17.3 Å². The van der Waals surface area contributed by atoms with Gasteiger partial charge < -0.3 is 4.43 Å². The van der Waals surface area contributed by atoms with E-state index in [1.807, 2.05) is 0 Å². The molecular formula is C17H30O2Si. The van der Waals surface area contributed by atoms with Crippen LogP contribution in [0.3, 0.4) is 0 Å². The third-order valence-electron chi connectivity index (χ3n) is 5.91. The monoisotopic (exact) mass is 294 g/mol. The lowest BCUT2D eigenvalue weighted by Gasteiger charge is -2.49. The number of allylic oxidation sites excluding steroid dienone is 1. The summed E-state index contributed by atoms with van der Waals surface area (Å²) in [5.74, 6) is 1.15. The van der Waals surface area contributed by atoms with E-state index in [1.165, 1.54) is 6.42 Å². The van der Waals surface area contributed by atoms with Gasteiger partial charge >= 0.3 is 0 Å². The molecule has 0 aromatic rings. The molecule has 3 aliphatic carbocycles. The zero-order chi connectivity index (χ0) is 15.2. The Balaban J connectivity index is 2.15. The molecule has 2 nitrogen and oxygen atoms in total. The largest absolute Gasteiger partial charge is 0.416 e. The van der Waals surface area contributed by atoms with Gasteiger partial charge in [0.05, 0.1) is 0 Å². The molecule has 0 heterocycles. The quantitative estimate of drug-likeness (QED) is 0.561. The molecule has 3 aliphatic rings. The molecule has 1 fully saturated rings. The third-order valence-corrected chi connectivity index (χ3v) is 10.4. The number of rotatable bonds is 4. The topological polar surface area (TPSA) is 26.3 Å². The van der Waals surface area contributed by atoms with Gasteiger partial charge in [0.15, 0.2) is 8.32 Å². The highest BCUT2D eigenvalue weighted by Gasteiger charge is 2.48. The lowest BCUT2D eigenvalue weighted by Crippen LogP contribution is -2.49. The van der Waals surface area contributed by atoms with Crippen LogP contribution in [0.5, 0.6) is 0 Å². The summed E-state index contributed by atoms with van der Waals surface area (Å²) in [6.45, 7) is 13.9. The van der Waals surface area contributed by atoms with E-state index < -0.39 is 8.32 Å². The summed E-state index contributed by atoms with van der Waals surface area (Å²) in [5.41, 5.74) is -0.0178. The summed E-state index contributed by atoms with van der Waals surface area (Å²) >= 11 is 0. The van der Waals surface area contributed by atoms with Gasteiger partial charge in [-0.3, -0.25) is 4.79 Å². The Labute approximate surface area is 125 Å². The summed E-state index contributed by atoms with van der Waals surface area (Å²) < 4.78 is 6.47. The summed E-state index contributed by atoms with van der Waals surface area (Å²) in [6, 6.07) is 0. The molecule has 3 rings (SSSR count). The first-order valence-corrected chi connectivity index (χ1v) is 10.8. The number of hydrogen-bond acceptors (Lipinski definition) is 2. The molecule has 0 unspecified atom stereocenters. The molecule has 114 valence electrons. The van der Waals surface area contributed by atoms with Gasteiger partial charge in [-0.2, -0.15) is 0 Å². The number of carbonyl (C=O) groups excluding carboxylic acids is 1. The molecule has 0 N–H and O–H groups in total. The zero-order valence-corrected chi connectivity index (χ0v) is 15.0. The molecular weight excluding hydrogens is 264 g/mol. The van der Waals surface area contributed by atoms with Gasteiger partial charge in [0, 0.05) is 17.9 Å². The fourth-order valence-corrected chi connectivity index (χ4v) is 4.37. The van der Waals surface area contributed by atoms with Crippen molar-refractivity contribution in [1.82, 2.24) is 0 Å². The van der Waals surface area contributed by atoms with Gasteiger partial charge in [-0.15, -0.1) is 0 Å². The molecule has 2 bridgehead atoms. The summed E-state index contributed by atoms with van der Waals surface area (Å²) in [5, 5.41) is 0.227. The zero-order valence-electron chi connectivity index (χ0n) is 14.0. The van der Waals surface area contributed by atoms with Gasteiger partial charge in [-0.05, 0) is 50.2 Å². The van der Waals surface area contributed by atoms with Crippen molar-refractivity contribution in [3.8, 4) is 0 Å². The molecule has 0 aliphatic heterocycles. The first-order valence-electron chi connectivity index (χ1n) is 7.91. The van der Waals surface area contributed by atoms with Crippen molar-refractivity contribution in [2.45, 2.75) is 65.1 Å². The van der Waals surface area contributed by atoms with Gasteiger partial charge in [-0.25, -0.2) is 0 Å². The van der Waals surface area contributed by atoms with E-state index in [1.54, 1.807) is 6.92 Å². The summed E-state index contributed by atoms with van der Waals surface area (Å²) in [7, 11) is -1.74. The van der Waals surface area contributed by atoms with E-state index in [-0.39, 0.29) is 16.4 Å². The smallest absolute Gasteiger partial charge is 0.192 e. The molecule has 3 heteroatoms. The molecule has 0 aromatic heterocycles. The van der Waals surface area contributed by atoms with E-state index in [0.717, 1.165) is 19.4 Å². The van der Waals surface area contributed by atoms with E-state index in [9.17, 15) is 4.79 Å². The second-order valence-electron chi connectivity index (χ2n) is 8.34. The molecule has 0 saturated heterocycles. The Kier molecular flexibility index (Phi) is 4.07. The molecule has 20 heavy (non-hydrogen) atoms. The Morgan fingerprint density at radius 1 is 1.40 bits per heavy atom. The van der Waals surface area contributed by atoms with Crippen LogP contribution in [-0.2, 0) is 9.22 Å². The standard InChI is InChI=1S/C17H30O2Si/c1-13(18)15-11-14-7-9-17(15,10-8-14)12-19-20(5,6)16(2,3)4/h7,9,14-15H,8,10-12H2,1-6H3/t14-,15+,17+/m1/s1. The number of hydrogen-bond donors (Lipinski definition) is 0. The van der Waals surface area contributed by atoms with Crippen molar-refractivity contribution in [2.24, 2.45) is 17.3 Å². The fourth-order valence-electron chi connectivity index (χ4n) is 3.31. The van der Waals surface area contributed by atoms with Crippen molar-refractivity contribution in [3.63, 3.8) is 0 Å². The molecule has 0 aromatic carbocycles. The minimum Gasteiger partial charge on any atom is -0.416 e. The van der Waals surface area contributed by atoms with Gasteiger partial charge in [0.2, 0.25) is 0 Å². The van der Waals surface area contributed by atoms with Crippen molar-refractivity contribution in [1.29, 1.82) is 0 Å². The Hall–Kier alpha value is -0.413. The molecule has 3 atom stereocenters. The lowest BCUT2D eigenvalue weighted by atomic mass is 9.58. The van der Waals surface area contributed by atoms with Gasteiger partial charge in [-0.1, -0.05) is 32.9 Å². The first kappa shape index (κ1) is 16.0. The van der Waals surface area contributed by atoms with Crippen LogP contribution < -0.4 is 0 Å². The Morgan fingerprint density at radius 2 is 2.05 bits per heavy atom. The summed E-state index contributed by atoms with van der Waals surface area (Å²) in [4.78, 5) is 12.0. The van der Waals surface area contributed by atoms with Crippen molar-refractivity contribution in [3.05, 3.63) is 12.2 Å². The van der Waals surface area contributed by atoms with Crippen LogP contribution in [0.4, 0.5) is 0 Å². The van der Waals surface area contributed by atoms with Crippen molar-refractivity contribution < 1.29 is 9.22 Å². The maximum atomic E-state index is 12.0. The second-order valence-corrected chi connectivity index (χ2v) is 13.1. The number of fused-ring (bicyclic) bond motifs is 2. The van der Waals surface area contributed by atoms with Gasteiger partial charge in [0.1, 0.15) is 5.78 Å². The molecule has 0 amide bonds. The van der Waals surface area contributed by atoms with Crippen LogP contribution in [0.15, 0.2) is 12.2 Å². The normalized spacial score (nSPS) is 33.5. The van der Waals surface area contributed by atoms with Gasteiger partial charge in [0.25, 0.3) is 0 Å². The average Bonchev–Trinajstić information content (AvgIpc) is 2.36. The number of ketones is 1. The highest BCUT2D eigenvalue weighted by atomic mass is 28.4. The lowest BCUT2D eigenvalue weighted by molar-refractivity contribution is -0.127. The van der Waals surface area contributed by atoms with Crippen LogP contribution in [-0.4, -0.2) is 20.7 Å². The molecule has 0 radical (unpaired) electrons. The van der Waals surface area contributed by atoms with Crippen molar-refractivity contribution >= 4 is 14.1 Å². The van der Waals surface area contributed by atoms with Crippen LogP contribution in [0.1, 0.15) is 47.0 Å². The highest BCUT2D eigenvalue weighted by Crippen LogP contribution is 2.51. The SMILES string of the molecule is CC(=O)[C@@H]1C[C@@H]2C=C[C@@]1(CO[Si](C)(C)C(C)(C)C)CC2. The predicted octanol–water partition coefficient (Wildman–Crippen LogP) is 4.57. The van der Waals surface area contributed by atoms with Crippen molar-refractivity contribution in [2.75, 3.05) is 6.61 Å². The average molecular weight is 295 g/mol. The number of carbonyl (C=O) groups is 1. The fraction of sp³-hybridized carbons (Fsp3) is 0.824. The molecule has 0 spiro atoms. The minimum atomic E-state index is -1.74. The van der Waals surface area contributed by atoms with Crippen LogP contribution in [0.25, 0.3) is 0 Å². The Bertz CT molecular complexity index is 419. The van der Waals surface area contributed by atoms with Crippen LogP contribution in [0.2, 0.25) is 18.1 Å². The maximum Gasteiger partial charge on any atom is 0.192 e. The van der Waals surface area contributed by atoms with Crippen LogP contribution >= 0.6 is 0 Å². The van der Waals surface area contributed by atoms with E-state index in [4.69, 9.17) is 4.43 Å². The Morgan fingerprint density at radius 3 is 2.50 bits per heavy atom. The second kappa shape index (κ2) is 5.10. The minimum absolute atomic E-state index is 0.0178. The number of Topliss-reactive ketones (excluding diaryl/α,β-unsaturated/α-hetero) is 1. The van der Waals surface area contributed by atoms with E-state index in [2.05, 4.69) is 46.0 Å².